The minimum absolute atomic E-state index is 0.279. The van der Waals surface area contributed by atoms with Gasteiger partial charge in [0.1, 0.15) is 5.82 Å². The molecule has 0 bridgehead atoms. The fourth-order valence-corrected chi connectivity index (χ4v) is 1.60. The molecule has 0 amide bonds. The number of likely N-dealkylation sites (N-methyl/N-ethyl adjacent to an activating group) is 1. The van der Waals surface area contributed by atoms with E-state index >= 15 is 0 Å². The first-order chi connectivity index (χ1) is 7.29. The maximum Gasteiger partial charge on any atom is 0.319 e. The van der Waals surface area contributed by atoms with Crippen LogP contribution in [0.3, 0.4) is 0 Å². The van der Waals surface area contributed by atoms with E-state index in [4.69, 9.17) is 0 Å². The molecule has 1 aromatic rings. The van der Waals surface area contributed by atoms with Crippen molar-refractivity contribution in [1.29, 1.82) is 0 Å². The van der Waals surface area contributed by atoms with Gasteiger partial charge in [-0.05, 0) is 20.9 Å². The summed E-state index contributed by atoms with van der Waals surface area (Å²) in [5.74, 6) is 0.293. The van der Waals surface area contributed by atoms with E-state index in [9.17, 15) is 13.9 Å². The van der Waals surface area contributed by atoms with Crippen LogP contribution in [-0.2, 0) is 6.54 Å². The summed E-state index contributed by atoms with van der Waals surface area (Å²) in [6.07, 6.45) is 2.59. The first-order valence-electron chi connectivity index (χ1n) is 5.00. The Bertz CT molecular complexity index is 333. The number of halogens is 2. The van der Waals surface area contributed by atoms with Crippen LogP contribution in [-0.4, -0.2) is 38.8 Å². The minimum Gasteiger partial charge on any atom is -0.389 e. The van der Waals surface area contributed by atoms with Gasteiger partial charge in [-0.15, -0.1) is 0 Å². The summed E-state index contributed by atoms with van der Waals surface area (Å²) in [5, 5.41) is 9.58. The van der Waals surface area contributed by atoms with Gasteiger partial charge in [-0.2, -0.15) is 8.78 Å². The van der Waals surface area contributed by atoms with Crippen LogP contribution in [0.5, 0.6) is 0 Å². The molecule has 0 aromatic carbocycles. The first kappa shape index (κ1) is 13.1. The molecular formula is C10H17F2N3O. The molecule has 0 unspecified atom stereocenters. The lowest BCUT2D eigenvalue weighted by Gasteiger charge is -2.25. The Labute approximate surface area is 93.5 Å². The maximum absolute atomic E-state index is 12.5. The molecular weight excluding hydrogens is 216 g/mol. The number of imidazole rings is 1. The minimum atomic E-state index is -2.58. The fraction of sp³-hybridized carbons (Fsp3) is 0.700. The van der Waals surface area contributed by atoms with Crippen LogP contribution in [0.2, 0.25) is 0 Å². The third-order valence-corrected chi connectivity index (χ3v) is 2.03. The Hall–Kier alpha value is -1.01. The Morgan fingerprint density at radius 2 is 2.19 bits per heavy atom. The molecule has 0 atom stereocenters. The van der Waals surface area contributed by atoms with E-state index in [0.29, 0.717) is 12.4 Å². The largest absolute Gasteiger partial charge is 0.389 e. The van der Waals surface area contributed by atoms with E-state index in [-0.39, 0.29) is 6.54 Å². The molecule has 1 heterocycles. The molecule has 1 N–H and O–H groups in total. The number of nitrogens with zero attached hydrogens (tertiary/aromatic N) is 3. The van der Waals surface area contributed by atoms with Crippen molar-refractivity contribution in [3.8, 4) is 0 Å². The van der Waals surface area contributed by atoms with Crippen LogP contribution in [0.1, 0.15) is 26.2 Å². The lowest BCUT2D eigenvalue weighted by molar-refractivity contribution is 0.0370. The number of rotatable bonds is 5. The summed E-state index contributed by atoms with van der Waals surface area (Å²) in [5.41, 5.74) is -0.850. The van der Waals surface area contributed by atoms with Crippen molar-refractivity contribution in [3.05, 3.63) is 18.2 Å². The fourth-order valence-electron chi connectivity index (χ4n) is 1.60. The van der Waals surface area contributed by atoms with Gasteiger partial charge < -0.3 is 5.11 Å². The van der Waals surface area contributed by atoms with Crippen LogP contribution in [0, 0.1) is 0 Å². The molecule has 0 aliphatic carbocycles. The van der Waals surface area contributed by atoms with Gasteiger partial charge in [0.2, 0.25) is 0 Å². The zero-order valence-electron chi connectivity index (χ0n) is 9.69. The molecule has 0 aliphatic heterocycles. The predicted octanol–water partition coefficient (Wildman–Crippen LogP) is 1.48. The van der Waals surface area contributed by atoms with E-state index in [0.717, 1.165) is 4.57 Å². The Morgan fingerprint density at radius 3 is 2.69 bits per heavy atom. The molecule has 0 saturated carbocycles. The summed E-state index contributed by atoms with van der Waals surface area (Å²) in [6.45, 7) is 1.43. The van der Waals surface area contributed by atoms with E-state index in [1.165, 1.54) is 12.4 Å². The lowest BCUT2D eigenvalue weighted by atomic mass is 10.1. The van der Waals surface area contributed by atoms with Crippen LogP contribution in [0.4, 0.5) is 8.78 Å². The number of alkyl halides is 2. The van der Waals surface area contributed by atoms with Crippen molar-refractivity contribution in [2.75, 3.05) is 13.6 Å². The second kappa shape index (κ2) is 4.88. The average Bonchev–Trinajstić information content (AvgIpc) is 2.47. The molecule has 0 aliphatic rings. The highest BCUT2D eigenvalue weighted by Gasteiger charge is 2.18. The Balaban J connectivity index is 2.63. The van der Waals surface area contributed by atoms with Crippen molar-refractivity contribution in [3.63, 3.8) is 0 Å². The van der Waals surface area contributed by atoms with Gasteiger partial charge in [-0.25, -0.2) is 4.98 Å². The van der Waals surface area contributed by atoms with Gasteiger partial charge in [0, 0.05) is 18.9 Å². The van der Waals surface area contributed by atoms with Crippen molar-refractivity contribution in [2.45, 2.75) is 32.5 Å². The topological polar surface area (TPSA) is 41.3 Å². The molecule has 4 nitrogen and oxygen atoms in total. The van der Waals surface area contributed by atoms with Crippen molar-refractivity contribution in [2.24, 2.45) is 0 Å². The van der Waals surface area contributed by atoms with Crippen LogP contribution in [0.15, 0.2) is 12.4 Å². The van der Waals surface area contributed by atoms with E-state index in [1.54, 1.807) is 25.8 Å². The summed E-state index contributed by atoms with van der Waals surface area (Å²) in [7, 11) is 1.75. The maximum atomic E-state index is 12.5. The van der Waals surface area contributed by atoms with Crippen molar-refractivity contribution >= 4 is 0 Å². The molecule has 6 heteroatoms. The van der Waals surface area contributed by atoms with Crippen molar-refractivity contribution in [1.82, 2.24) is 14.5 Å². The quantitative estimate of drug-likeness (QED) is 0.837. The highest BCUT2D eigenvalue weighted by Crippen LogP contribution is 2.14. The summed E-state index contributed by atoms with van der Waals surface area (Å²) in [4.78, 5) is 5.62. The number of aromatic nitrogens is 2. The monoisotopic (exact) mass is 233 g/mol. The summed E-state index contributed by atoms with van der Waals surface area (Å²) >= 11 is 0. The highest BCUT2D eigenvalue weighted by molar-refractivity contribution is 4.93. The van der Waals surface area contributed by atoms with Gasteiger partial charge in [0.15, 0.2) is 0 Å². The molecule has 0 saturated heterocycles. The smallest absolute Gasteiger partial charge is 0.319 e. The second-order valence-electron chi connectivity index (χ2n) is 4.51. The summed E-state index contributed by atoms with van der Waals surface area (Å²) < 4.78 is 25.8. The SMILES string of the molecule is CN(Cc1nccn1C(F)F)CC(C)(C)O. The molecule has 16 heavy (non-hydrogen) atoms. The zero-order chi connectivity index (χ0) is 12.3. The molecule has 0 spiro atoms. The molecule has 1 rings (SSSR count). The van der Waals surface area contributed by atoms with Gasteiger partial charge in [0.25, 0.3) is 0 Å². The van der Waals surface area contributed by atoms with E-state index < -0.39 is 12.2 Å². The van der Waals surface area contributed by atoms with E-state index in [1.807, 2.05) is 0 Å². The van der Waals surface area contributed by atoms with Gasteiger partial charge in [0.05, 0.1) is 12.1 Å². The average molecular weight is 233 g/mol. The third kappa shape index (κ3) is 3.86. The first-order valence-corrected chi connectivity index (χ1v) is 5.00. The summed E-state index contributed by atoms with van der Waals surface area (Å²) in [6, 6.07) is 0. The second-order valence-corrected chi connectivity index (χ2v) is 4.51. The van der Waals surface area contributed by atoms with Crippen LogP contribution in [0.25, 0.3) is 0 Å². The Kier molecular flexibility index (Phi) is 3.98. The van der Waals surface area contributed by atoms with E-state index in [2.05, 4.69) is 4.98 Å². The third-order valence-electron chi connectivity index (χ3n) is 2.03. The molecule has 92 valence electrons. The normalized spacial score (nSPS) is 12.8. The lowest BCUT2D eigenvalue weighted by Crippen LogP contribution is -2.36. The standard InChI is InChI=1S/C10H17F2N3O/c1-10(2,16)7-14(3)6-8-13-4-5-15(8)9(11)12/h4-5,9,16H,6-7H2,1-3H3. The number of hydrogen-bond acceptors (Lipinski definition) is 3. The number of aliphatic hydroxyl groups is 1. The zero-order valence-corrected chi connectivity index (χ0v) is 9.69. The molecule has 1 aromatic heterocycles. The number of hydrogen-bond donors (Lipinski definition) is 1. The van der Waals surface area contributed by atoms with Crippen LogP contribution >= 0.6 is 0 Å². The Morgan fingerprint density at radius 1 is 1.56 bits per heavy atom. The molecule has 0 radical (unpaired) electrons. The predicted molar refractivity (Wildman–Crippen MR) is 56.1 cm³/mol. The van der Waals surface area contributed by atoms with Gasteiger partial charge >= 0.3 is 6.55 Å². The van der Waals surface area contributed by atoms with Crippen molar-refractivity contribution < 1.29 is 13.9 Å². The highest BCUT2D eigenvalue weighted by atomic mass is 19.3. The van der Waals surface area contributed by atoms with Crippen LogP contribution < -0.4 is 0 Å². The molecule has 0 fully saturated rings. The van der Waals surface area contributed by atoms with Gasteiger partial charge in [-0.1, -0.05) is 0 Å². The van der Waals surface area contributed by atoms with Gasteiger partial charge in [-0.3, -0.25) is 9.47 Å².